The van der Waals surface area contributed by atoms with E-state index in [0.29, 0.717) is 12.3 Å². The number of nitrogens with zero attached hydrogens (tertiary/aromatic N) is 2. The Kier molecular flexibility index (Phi) is 4.19. The Hall–Kier alpha value is -1.34. The molecule has 6 nitrogen and oxygen atoms in total. The summed E-state index contributed by atoms with van der Waals surface area (Å²) in [5.41, 5.74) is 0. The predicted molar refractivity (Wildman–Crippen MR) is 75.3 cm³/mol. The van der Waals surface area contributed by atoms with Crippen molar-refractivity contribution in [1.82, 2.24) is 9.80 Å². The van der Waals surface area contributed by atoms with Crippen LogP contribution in [-0.2, 0) is 15.6 Å². The molecule has 0 saturated carbocycles. The average molecular weight is 300 g/mol. The zero-order chi connectivity index (χ0) is 14.9. The van der Waals surface area contributed by atoms with Gasteiger partial charge >= 0.3 is 0 Å². The number of amides is 1. The monoisotopic (exact) mass is 300 g/mol. The Morgan fingerprint density at radius 2 is 2.10 bits per heavy atom. The molecule has 20 heavy (non-hydrogen) atoms. The summed E-state index contributed by atoms with van der Waals surface area (Å²) in [6, 6.07) is 3.22. The Labute approximate surface area is 119 Å². The molecule has 0 aliphatic carbocycles. The SMILES string of the molecule is CC1CN(C)CCN1C(=O)c1ccc(CS(C)(=O)=O)o1. The number of rotatable bonds is 3. The van der Waals surface area contributed by atoms with E-state index >= 15 is 0 Å². The minimum atomic E-state index is -3.16. The van der Waals surface area contributed by atoms with Crippen molar-refractivity contribution in [3.63, 3.8) is 0 Å². The van der Waals surface area contributed by atoms with E-state index in [9.17, 15) is 13.2 Å². The van der Waals surface area contributed by atoms with Crippen molar-refractivity contribution in [1.29, 1.82) is 0 Å². The van der Waals surface area contributed by atoms with Crippen LogP contribution in [0.3, 0.4) is 0 Å². The lowest BCUT2D eigenvalue weighted by atomic mass is 10.2. The summed E-state index contributed by atoms with van der Waals surface area (Å²) in [5, 5.41) is 0. The third-order valence-electron chi connectivity index (χ3n) is 3.37. The second-order valence-electron chi connectivity index (χ2n) is 5.45. The highest BCUT2D eigenvalue weighted by Gasteiger charge is 2.28. The molecular weight excluding hydrogens is 280 g/mol. The van der Waals surface area contributed by atoms with Crippen LogP contribution in [0.15, 0.2) is 16.5 Å². The summed E-state index contributed by atoms with van der Waals surface area (Å²) >= 11 is 0. The summed E-state index contributed by atoms with van der Waals surface area (Å²) in [7, 11) is -1.13. The number of hydrogen-bond donors (Lipinski definition) is 0. The molecule has 0 aromatic carbocycles. The van der Waals surface area contributed by atoms with Gasteiger partial charge < -0.3 is 14.2 Å². The molecule has 7 heteroatoms. The molecule has 112 valence electrons. The van der Waals surface area contributed by atoms with Crippen LogP contribution in [0.1, 0.15) is 23.2 Å². The molecule has 1 fully saturated rings. The fourth-order valence-corrected chi connectivity index (χ4v) is 3.08. The van der Waals surface area contributed by atoms with E-state index in [1.165, 1.54) is 0 Å². The summed E-state index contributed by atoms with van der Waals surface area (Å²) in [5.74, 6) is 0.154. The second kappa shape index (κ2) is 5.57. The van der Waals surface area contributed by atoms with Crippen molar-refractivity contribution in [2.75, 3.05) is 32.9 Å². The summed E-state index contributed by atoms with van der Waals surface area (Å²) in [6.07, 6.45) is 1.14. The maximum absolute atomic E-state index is 12.4. The molecule has 1 aromatic rings. The van der Waals surface area contributed by atoms with E-state index < -0.39 is 9.84 Å². The van der Waals surface area contributed by atoms with Gasteiger partial charge in [0.2, 0.25) is 0 Å². The van der Waals surface area contributed by atoms with Gasteiger partial charge in [-0.25, -0.2) is 8.42 Å². The summed E-state index contributed by atoms with van der Waals surface area (Å²) in [6.45, 7) is 4.29. The molecule has 1 aliphatic heterocycles. The standard InChI is InChI=1S/C13H20N2O4S/c1-10-8-14(2)6-7-15(10)13(16)12-5-4-11(19-12)9-20(3,17)18/h4-5,10H,6-9H2,1-3H3. The van der Waals surface area contributed by atoms with Gasteiger partial charge in [-0.1, -0.05) is 0 Å². The highest BCUT2D eigenvalue weighted by Crippen LogP contribution is 2.16. The van der Waals surface area contributed by atoms with Gasteiger partial charge in [-0.3, -0.25) is 4.79 Å². The lowest BCUT2D eigenvalue weighted by Crippen LogP contribution is -2.52. The van der Waals surface area contributed by atoms with Crippen LogP contribution < -0.4 is 0 Å². The van der Waals surface area contributed by atoms with Gasteiger partial charge in [-0.05, 0) is 26.1 Å². The van der Waals surface area contributed by atoms with Crippen molar-refractivity contribution in [2.24, 2.45) is 0 Å². The van der Waals surface area contributed by atoms with Gasteiger partial charge in [0.25, 0.3) is 5.91 Å². The number of likely N-dealkylation sites (N-methyl/N-ethyl adjacent to an activating group) is 1. The number of hydrogen-bond acceptors (Lipinski definition) is 5. The number of sulfone groups is 1. The lowest BCUT2D eigenvalue weighted by Gasteiger charge is -2.37. The van der Waals surface area contributed by atoms with Crippen LogP contribution in [0.5, 0.6) is 0 Å². The average Bonchev–Trinajstić information content (AvgIpc) is 2.74. The van der Waals surface area contributed by atoms with Gasteiger partial charge in [0.05, 0.1) is 0 Å². The lowest BCUT2D eigenvalue weighted by molar-refractivity contribution is 0.0501. The van der Waals surface area contributed by atoms with Crippen molar-refractivity contribution in [3.05, 3.63) is 23.7 Å². The van der Waals surface area contributed by atoms with E-state index in [1.54, 1.807) is 17.0 Å². The first kappa shape index (κ1) is 15.1. The first-order chi connectivity index (χ1) is 9.26. The Bertz CT molecular complexity index is 593. The molecule has 1 unspecified atom stereocenters. The molecule has 2 rings (SSSR count). The van der Waals surface area contributed by atoms with Crippen molar-refractivity contribution >= 4 is 15.7 Å². The van der Waals surface area contributed by atoms with Crippen LogP contribution >= 0.6 is 0 Å². The minimum Gasteiger partial charge on any atom is -0.455 e. The van der Waals surface area contributed by atoms with Crippen molar-refractivity contribution < 1.29 is 17.6 Å². The molecule has 0 spiro atoms. The molecule has 1 saturated heterocycles. The minimum absolute atomic E-state index is 0.115. The predicted octanol–water partition coefficient (Wildman–Crippen LogP) is 0.600. The Balaban J connectivity index is 2.10. The number of carbonyl (C=O) groups is 1. The first-order valence-corrected chi connectivity index (χ1v) is 8.58. The number of carbonyl (C=O) groups excluding carboxylic acids is 1. The molecule has 1 aromatic heterocycles. The van der Waals surface area contributed by atoms with Crippen LogP contribution in [0.25, 0.3) is 0 Å². The van der Waals surface area contributed by atoms with Crippen LogP contribution in [-0.4, -0.2) is 63.1 Å². The highest BCUT2D eigenvalue weighted by atomic mass is 32.2. The maximum Gasteiger partial charge on any atom is 0.289 e. The highest BCUT2D eigenvalue weighted by molar-refractivity contribution is 7.89. The van der Waals surface area contributed by atoms with E-state index in [0.717, 1.165) is 19.3 Å². The first-order valence-electron chi connectivity index (χ1n) is 6.52. The summed E-state index contributed by atoms with van der Waals surface area (Å²) < 4.78 is 27.8. The number of furan rings is 1. The van der Waals surface area contributed by atoms with Crippen LogP contribution in [0.4, 0.5) is 0 Å². The van der Waals surface area contributed by atoms with Gasteiger partial charge in [0.1, 0.15) is 11.5 Å². The third-order valence-corrected chi connectivity index (χ3v) is 4.18. The summed E-state index contributed by atoms with van der Waals surface area (Å²) in [4.78, 5) is 16.3. The fourth-order valence-electron chi connectivity index (χ4n) is 2.41. The van der Waals surface area contributed by atoms with E-state index in [-0.39, 0.29) is 23.5 Å². The molecule has 0 bridgehead atoms. The second-order valence-corrected chi connectivity index (χ2v) is 7.59. The largest absolute Gasteiger partial charge is 0.455 e. The van der Waals surface area contributed by atoms with E-state index in [1.807, 2.05) is 14.0 Å². The topological polar surface area (TPSA) is 70.8 Å². The van der Waals surface area contributed by atoms with Gasteiger partial charge in [-0.15, -0.1) is 0 Å². The van der Waals surface area contributed by atoms with Crippen LogP contribution in [0, 0.1) is 0 Å². The number of piperazine rings is 1. The Morgan fingerprint density at radius 1 is 1.40 bits per heavy atom. The quantitative estimate of drug-likeness (QED) is 0.817. The van der Waals surface area contributed by atoms with Crippen molar-refractivity contribution in [2.45, 2.75) is 18.7 Å². The molecule has 0 N–H and O–H groups in total. The molecule has 1 atom stereocenters. The molecule has 1 aliphatic rings. The molecule has 2 heterocycles. The van der Waals surface area contributed by atoms with Gasteiger partial charge in [0, 0.05) is 31.9 Å². The van der Waals surface area contributed by atoms with Crippen LogP contribution in [0.2, 0.25) is 0 Å². The zero-order valence-corrected chi connectivity index (χ0v) is 12.8. The Morgan fingerprint density at radius 3 is 2.70 bits per heavy atom. The smallest absolute Gasteiger partial charge is 0.289 e. The molecule has 0 radical (unpaired) electrons. The molecular formula is C13H20N2O4S. The van der Waals surface area contributed by atoms with E-state index in [2.05, 4.69) is 4.90 Å². The van der Waals surface area contributed by atoms with E-state index in [4.69, 9.17) is 4.42 Å². The van der Waals surface area contributed by atoms with Gasteiger partial charge in [-0.2, -0.15) is 0 Å². The normalized spacial score (nSPS) is 21.1. The van der Waals surface area contributed by atoms with Gasteiger partial charge in [0.15, 0.2) is 15.6 Å². The fraction of sp³-hybridized carbons (Fsp3) is 0.615. The van der Waals surface area contributed by atoms with Crippen molar-refractivity contribution in [3.8, 4) is 0 Å². The maximum atomic E-state index is 12.4. The zero-order valence-electron chi connectivity index (χ0n) is 12.0. The third kappa shape index (κ3) is 3.61. The molecule has 1 amide bonds.